The van der Waals surface area contributed by atoms with Gasteiger partial charge in [0.05, 0.1) is 20.2 Å². The van der Waals surface area contributed by atoms with Crippen molar-refractivity contribution < 1.29 is 32.2 Å². The lowest BCUT2D eigenvalue weighted by Gasteiger charge is -2.21. The fourth-order valence-corrected chi connectivity index (χ4v) is 2.62. The number of nitrogens with one attached hydrogen (secondary N) is 1. The third-order valence-electron chi connectivity index (χ3n) is 3.67. The van der Waals surface area contributed by atoms with Crippen molar-refractivity contribution in [1.29, 1.82) is 0 Å². The zero-order valence-electron chi connectivity index (χ0n) is 15.3. The van der Waals surface area contributed by atoms with Gasteiger partial charge in [-0.2, -0.15) is 0 Å². The summed E-state index contributed by atoms with van der Waals surface area (Å²) in [6, 6.07) is 11.7. The van der Waals surface area contributed by atoms with Crippen LogP contribution in [0.4, 0.5) is 18.9 Å². The van der Waals surface area contributed by atoms with Gasteiger partial charge in [-0.3, -0.25) is 14.5 Å². The van der Waals surface area contributed by atoms with Gasteiger partial charge >= 0.3 is 12.3 Å². The monoisotopic (exact) mass is 430 g/mol. The summed E-state index contributed by atoms with van der Waals surface area (Å²) in [6.45, 7) is -0.0881. The maximum atomic E-state index is 12.3. The van der Waals surface area contributed by atoms with Gasteiger partial charge in [-0.05, 0) is 35.9 Å². The zero-order chi connectivity index (χ0) is 21.4. The summed E-state index contributed by atoms with van der Waals surface area (Å²) in [6.07, 6.45) is -4.79. The Morgan fingerprint density at radius 1 is 1.07 bits per heavy atom. The van der Waals surface area contributed by atoms with E-state index in [1.165, 1.54) is 24.1 Å². The molecule has 10 heteroatoms. The average Bonchev–Trinajstić information content (AvgIpc) is 2.63. The summed E-state index contributed by atoms with van der Waals surface area (Å²) in [5.74, 6) is -1.40. The predicted molar refractivity (Wildman–Crippen MR) is 100 cm³/mol. The number of esters is 1. The smallest absolute Gasteiger partial charge is 0.468 e. The molecule has 29 heavy (non-hydrogen) atoms. The molecule has 0 atom stereocenters. The molecule has 6 nitrogen and oxygen atoms in total. The molecule has 0 saturated carbocycles. The van der Waals surface area contributed by atoms with E-state index in [0.717, 1.165) is 17.7 Å². The van der Waals surface area contributed by atoms with E-state index in [9.17, 15) is 22.8 Å². The first-order chi connectivity index (χ1) is 13.7. The summed E-state index contributed by atoms with van der Waals surface area (Å²) < 4.78 is 45.0. The van der Waals surface area contributed by atoms with Crippen LogP contribution < -0.4 is 10.1 Å². The van der Waals surface area contributed by atoms with Crippen LogP contribution in [0.2, 0.25) is 5.02 Å². The molecule has 2 aromatic rings. The van der Waals surface area contributed by atoms with Gasteiger partial charge in [-0.15, -0.1) is 13.2 Å². The van der Waals surface area contributed by atoms with Gasteiger partial charge in [0.25, 0.3) is 0 Å². The molecule has 0 aliphatic carbocycles. The van der Waals surface area contributed by atoms with Gasteiger partial charge in [0.2, 0.25) is 5.91 Å². The first kappa shape index (κ1) is 22.5. The second-order valence-electron chi connectivity index (χ2n) is 5.93. The van der Waals surface area contributed by atoms with Crippen LogP contribution in [-0.4, -0.2) is 43.3 Å². The highest BCUT2D eigenvalue weighted by molar-refractivity contribution is 6.31. The van der Waals surface area contributed by atoms with Crippen LogP contribution in [0.5, 0.6) is 5.75 Å². The molecular weight excluding hydrogens is 413 g/mol. The first-order valence-electron chi connectivity index (χ1n) is 8.34. The van der Waals surface area contributed by atoms with Gasteiger partial charge in [-0.25, -0.2) is 0 Å². The summed E-state index contributed by atoms with van der Waals surface area (Å²) in [5, 5.41) is 3.04. The number of methoxy groups -OCH3 is 1. The molecule has 156 valence electrons. The van der Waals surface area contributed by atoms with E-state index >= 15 is 0 Å². The number of anilines is 1. The molecule has 0 radical (unpaired) electrons. The molecule has 0 unspecified atom stereocenters. The van der Waals surface area contributed by atoms with Gasteiger partial charge in [0.1, 0.15) is 5.75 Å². The van der Waals surface area contributed by atoms with Gasteiger partial charge in [0, 0.05) is 17.3 Å². The minimum Gasteiger partial charge on any atom is -0.468 e. The molecule has 0 aromatic heterocycles. The second kappa shape index (κ2) is 10.1. The maximum absolute atomic E-state index is 12.3. The number of hydrogen-bond acceptors (Lipinski definition) is 5. The Labute approximate surface area is 170 Å². The van der Waals surface area contributed by atoms with E-state index < -0.39 is 24.0 Å². The van der Waals surface area contributed by atoms with Crippen LogP contribution in [-0.2, 0) is 20.9 Å². The average molecular weight is 431 g/mol. The first-order valence-corrected chi connectivity index (χ1v) is 8.72. The van der Waals surface area contributed by atoms with Crippen molar-refractivity contribution in [3.63, 3.8) is 0 Å². The van der Waals surface area contributed by atoms with Crippen LogP contribution in [0.15, 0.2) is 48.5 Å². The summed E-state index contributed by atoms with van der Waals surface area (Å²) in [7, 11) is 1.24. The maximum Gasteiger partial charge on any atom is 0.573 e. The number of hydrogen-bond donors (Lipinski definition) is 1. The lowest BCUT2D eigenvalue weighted by atomic mass is 10.2. The second-order valence-corrected chi connectivity index (χ2v) is 6.34. The third-order valence-corrected chi connectivity index (χ3v) is 4.04. The predicted octanol–water partition coefficient (Wildman–Crippen LogP) is 3.85. The van der Waals surface area contributed by atoms with Gasteiger partial charge < -0.3 is 14.8 Å². The highest BCUT2D eigenvalue weighted by Crippen LogP contribution is 2.24. The Morgan fingerprint density at radius 2 is 1.72 bits per heavy atom. The Bertz CT molecular complexity index is 844. The zero-order valence-corrected chi connectivity index (χ0v) is 16.1. The number of ether oxygens (including phenoxy) is 2. The molecule has 0 saturated heterocycles. The van der Waals surface area contributed by atoms with E-state index in [1.54, 1.807) is 24.3 Å². The van der Waals surface area contributed by atoms with Crippen LogP contribution in [0.1, 0.15) is 5.56 Å². The van der Waals surface area contributed by atoms with E-state index in [4.69, 9.17) is 11.6 Å². The lowest BCUT2D eigenvalue weighted by molar-refractivity contribution is -0.274. The van der Waals surface area contributed by atoms with Crippen molar-refractivity contribution in [2.24, 2.45) is 0 Å². The number of carbonyl (C=O) groups excluding carboxylic acids is 2. The Balaban J connectivity index is 2.01. The van der Waals surface area contributed by atoms with Crippen molar-refractivity contribution in [3.05, 3.63) is 59.1 Å². The minimum atomic E-state index is -4.79. The highest BCUT2D eigenvalue weighted by Gasteiger charge is 2.31. The summed E-state index contributed by atoms with van der Waals surface area (Å²) >= 11 is 6.13. The largest absolute Gasteiger partial charge is 0.573 e. The molecule has 1 N–H and O–H groups in total. The molecule has 1 amide bonds. The summed E-state index contributed by atoms with van der Waals surface area (Å²) in [4.78, 5) is 25.5. The molecule has 0 heterocycles. The Morgan fingerprint density at radius 3 is 2.31 bits per heavy atom. The molecule has 2 rings (SSSR count). The highest BCUT2D eigenvalue weighted by atomic mass is 35.5. The van der Waals surface area contributed by atoms with Crippen molar-refractivity contribution in [2.45, 2.75) is 12.9 Å². The van der Waals surface area contributed by atoms with E-state index in [-0.39, 0.29) is 25.3 Å². The fourth-order valence-electron chi connectivity index (χ4n) is 2.43. The van der Waals surface area contributed by atoms with E-state index in [1.807, 2.05) is 0 Å². The van der Waals surface area contributed by atoms with Gasteiger partial charge in [-0.1, -0.05) is 29.8 Å². The molecule has 2 aromatic carbocycles. The minimum absolute atomic E-state index is 0.145. The quantitative estimate of drug-likeness (QED) is 0.644. The molecule has 0 aliphatic rings. The number of carbonyl (C=O) groups is 2. The number of nitrogens with zero attached hydrogens (tertiary/aromatic N) is 1. The topological polar surface area (TPSA) is 67.9 Å². The van der Waals surface area contributed by atoms with E-state index in [2.05, 4.69) is 14.8 Å². The molecule has 0 bridgehead atoms. The van der Waals surface area contributed by atoms with Crippen molar-refractivity contribution >= 4 is 29.2 Å². The summed E-state index contributed by atoms with van der Waals surface area (Å²) in [5.41, 5.74) is 1.000. The standard InChI is InChI=1S/C19H18ClF3N2O4/c1-28-18(27)12-25(10-13-4-2-3-5-16(13)20)11-17(26)24-14-6-8-15(9-7-14)29-19(21,22)23/h2-9H,10-12H2,1H3,(H,24,26). The third kappa shape index (κ3) is 8.00. The lowest BCUT2D eigenvalue weighted by Crippen LogP contribution is -2.37. The van der Waals surface area contributed by atoms with Crippen molar-refractivity contribution in [3.8, 4) is 5.75 Å². The molecular formula is C19H18ClF3N2O4. The van der Waals surface area contributed by atoms with E-state index in [0.29, 0.717) is 5.02 Å². The molecule has 0 spiro atoms. The SMILES string of the molecule is COC(=O)CN(CC(=O)Nc1ccc(OC(F)(F)F)cc1)Cc1ccccc1Cl. The van der Waals surface area contributed by atoms with Crippen LogP contribution in [0.3, 0.4) is 0 Å². The Kier molecular flexibility index (Phi) is 7.86. The normalized spacial score (nSPS) is 11.2. The van der Waals surface area contributed by atoms with Gasteiger partial charge in [0.15, 0.2) is 0 Å². The number of rotatable bonds is 8. The van der Waals surface area contributed by atoms with Crippen LogP contribution >= 0.6 is 11.6 Å². The van der Waals surface area contributed by atoms with Crippen molar-refractivity contribution in [1.82, 2.24) is 4.90 Å². The van der Waals surface area contributed by atoms with Crippen LogP contribution in [0, 0.1) is 0 Å². The Hall–Kier alpha value is -2.78. The van der Waals surface area contributed by atoms with Crippen molar-refractivity contribution in [2.75, 3.05) is 25.5 Å². The molecule has 0 aliphatic heterocycles. The number of alkyl halides is 3. The number of halogens is 4. The molecule has 0 fully saturated rings. The number of amides is 1. The fraction of sp³-hybridized carbons (Fsp3) is 0.263. The number of benzene rings is 2. The van der Waals surface area contributed by atoms with Crippen LogP contribution in [0.25, 0.3) is 0 Å².